The third-order valence-electron chi connectivity index (χ3n) is 5.21. The Morgan fingerprint density at radius 3 is 2.35 bits per heavy atom. The first-order valence-corrected chi connectivity index (χ1v) is 8.73. The van der Waals surface area contributed by atoms with Crippen LogP contribution in [0, 0.1) is 13.5 Å². The Morgan fingerprint density at radius 2 is 1.65 bits per heavy atom. The van der Waals surface area contributed by atoms with Gasteiger partial charge in [0.15, 0.2) is 0 Å². The summed E-state index contributed by atoms with van der Waals surface area (Å²) in [7, 11) is 2.05. The van der Waals surface area contributed by atoms with E-state index >= 15 is 0 Å². The minimum Gasteiger partial charge on any atom is -0.449 e. The number of pyridine rings is 1. The third-order valence-corrected chi connectivity index (χ3v) is 5.21. The molecule has 3 heteroatoms. The lowest BCUT2D eigenvalue weighted by Crippen LogP contribution is -2.33. The number of rotatable bonds is 2. The second-order valence-electron chi connectivity index (χ2n) is 7.24. The van der Waals surface area contributed by atoms with Gasteiger partial charge in [-0.3, -0.25) is 0 Å². The van der Waals surface area contributed by atoms with Crippen molar-refractivity contribution in [1.82, 2.24) is 0 Å². The minimum atomic E-state index is -0.609. The van der Waals surface area contributed by atoms with Crippen molar-refractivity contribution < 1.29 is 8.98 Å². The molecule has 0 radical (unpaired) electrons. The predicted octanol–water partition coefficient (Wildman–Crippen LogP) is 5.54. The highest BCUT2D eigenvalue weighted by atomic mass is 16.3. The number of fused-ring (bicyclic) bond motifs is 2. The number of aryl methyl sites for hydroxylation is 2. The first-order chi connectivity index (χ1) is 12.4. The molecule has 0 spiro atoms. The molecule has 26 heavy (non-hydrogen) atoms. The normalized spacial score (nSPS) is 11.8. The average molecular weight is 341 g/mol. The molecular formula is C23H21N2O+. The molecule has 4 aromatic rings. The molecule has 3 nitrogen and oxygen atoms in total. The van der Waals surface area contributed by atoms with Crippen molar-refractivity contribution in [2.75, 3.05) is 0 Å². The van der Waals surface area contributed by atoms with Crippen LogP contribution in [0.25, 0.3) is 38.2 Å². The molecule has 0 amide bonds. The van der Waals surface area contributed by atoms with E-state index in [0.717, 1.165) is 44.5 Å². The second kappa shape index (κ2) is 5.71. The maximum Gasteiger partial charge on any atom is 0.253 e. The van der Waals surface area contributed by atoms with Gasteiger partial charge in [0, 0.05) is 36.9 Å². The largest absolute Gasteiger partial charge is 0.449 e. The molecule has 0 bridgehead atoms. The second-order valence-corrected chi connectivity index (χ2v) is 7.24. The number of nitrogens with zero attached hydrogens (tertiary/aromatic N) is 2. The van der Waals surface area contributed by atoms with Gasteiger partial charge in [-0.15, -0.1) is 0 Å². The van der Waals surface area contributed by atoms with Crippen LogP contribution in [-0.4, -0.2) is 0 Å². The Kier molecular flexibility index (Phi) is 3.59. The van der Waals surface area contributed by atoms with E-state index in [-0.39, 0.29) is 0 Å². The number of aromatic nitrogens is 1. The fourth-order valence-electron chi connectivity index (χ4n) is 3.64. The third kappa shape index (κ3) is 2.30. The molecule has 0 aliphatic carbocycles. The van der Waals surface area contributed by atoms with Crippen molar-refractivity contribution >= 4 is 21.9 Å². The molecule has 0 aliphatic heterocycles. The van der Waals surface area contributed by atoms with Gasteiger partial charge in [0.2, 0.25) is 17.0 Å². The Bertz CT molecular complexity index is 1190. The highest BCUT2D eigenvalue weighted by Gasteiger charge is 2.33. The minimum absolute atomic E-state index is 0.609. The number of furan rings is 1. The van der Waals surface area contributed by atoms with Crippen LogP contribution in [0.5, 0.6) is 0 Å². The van der Waals surface area contributed by atoms with Crippen molar-refractivity contribution in [2.24, 2.45) is 7.05 Å². The maximum atomic E-state index is 7.67. The first kappa shape index (κ1) is 16.4. The molecule has 2 heterocycles. The molecular weight excluding hydrogens is 320 g/mol. The fourth-order valence-corrected chi connectivity index (χ4v) is 3.64. The van der Waals surface area contributed by atoms with Crippen LogP contribution in [0.15, 0.2) is 59.0 Å². The van der Waals surface area contributed by atoms with Crippen molar-refractivity contribution in [3.8, 4) is 11.5 Å². The van der Waals surface area contributed by atoms with Crippen molar-refractivity contribution in [2.45, 2.75) is 26.3 Å². The topological polar surface area (TPSA) is 21.4 Å². The summed E-state index contributed by atoms with van der Waals surface area (Å²) >= 11 is 0. The van der Waals surface area contributed by atoms with Crippen LogP contribution in [0.3, 0.4) is 0 Å². The lowest BCUT2D eigenvalue weighted by atomic mass is 9.90. The van der Waals surface area contributed by atoms with E-state index in [9.17, 15) is 0 Å². The number of hydrogen-bond donors (Lipinski definition) is 0. The first-order valence-electron chi connectivity index (χ1n) is 8.73. The lowest BCUT2D eigenvalue weighted by Gasteiger charge is -2.15. The van der Waals surface area contributed by atoms with E-state index in [1.54, 1.807) is 0 Å². The predicted molar refractivity (Wildman–Crippen MR) is 105 cm³/mol. The standard InChI is InChI=1S/C23H21N2O/c1-15-16-10-7-9-13-21(16)26-22(15)20-14-18(23(2,3)24-4)17-11-6-8-12-19(17)25(20)5/h6-14H,1-3,5H3/q+1. The maximum absolute atomic E-state index is 7.67. The van der Waals surface area contributed by atoms with Crippen LogP contribution in [0.1, 0.15) is 25.0 Å². The quantitative estimate of drug-likeness (QED) is 0.346. The zero-order valence-electron chi connectivity index (χ0n) is 15.5. The molecule has 0 unspecified atom stereocenters. The Morgan fingerprint density at radius 1 is 1.00 bits per heavy atom. The molecule has 0 saturated carbocycles. The lowest BCUT2D eigenvalue weighted by molar-refractivity contribution is -0.634. The van der Waals surface area contributed by atoms with Crippen LogP contribution in [0.4, 0.5) is 0 Å². The van der Waals surface area contributed by atoms with Gasteiger partial charge >= 0.3 is 0 Å². The van der Waals surface area contributed by atoms with Gasteiger partial charge in [-0.25, -0.2) is 6.57 Å². The van der Waals surface area contributed by atoms with Gasteiger partial charge in [0.25, 0.3) is 5.54 Å². The Labute approximate surface area is 153 Å². The van der Waals surface area contributed by atoms with Crippen molar-refractivity contribution in [1.29, 1.82) is 0 Å². The fraction of sp³-hybridized carbons (Fsp3) is 0.217. The van der Waals surface area contributed by atoms with Gasteiger partial charge in [-0.1, -0.05) is 30.3 Å². The highest BCUT2D eigenvalue weighted by molar-refractivity contribution is 5.88. The molecule has 128 valence electrons. The summed E-state index contributed by atoms with van der Waals surface area (Å²) in [6.07, 6.45) is 0. The van der Waals surface area contributed by atoms with Crippen molar-refractivity contribution in [3.63, 3.8) is 0 Å². The van der Waals surface area contributed by atoms with Gasteiger partial charge in [-0.05, 0) is 19.1 Å². The van der Waals surface area contributed by atoms with Gasteiger partial charge < -0.3 is 9.26 Å². The van der Waals surface area contributed by atoms with Gasteiger partial charge in [0.1, 0.15) is 12.6 Å². The van der Waals surface area contributed by atoms with Crippen molar-refractivity contribution in [3.05, 3.63) is 77.1 Å². The summed E-state index contributed by atoms with van der Waals surface area (Å²) < 4.78 is 8.37. The monoisotopic (exact) mass is 341 g/mol. The van der Waals surface area contributed by atoms with E-state index in [1.807, 2.05) is 44.2 Å². The van der Waals surface area contributed by atoms with Crippen LogP contribution < -0.4 is 4.57 Å². The van der Waals surface area contributed by atoms with Gasteiger partial charge in [0.05, 0.1) is 10.9 Å². The van der Waals surface area contributed by atoms with E-state index in [1.165, 1.54) is 0 Å². The zero-order valence-corrected chi connectivity index (χ0v) is 15.5. The Hall–Kier alpha value is -3.12. The Balaban J connectivity index is 2.12. The molecule has 0 N–H and O–H groups in total. The molecule has 0 saturated heterocycles. The number of para-hydroxylation sites is 2. The summed E-state index contributed by atoms with van der Waals surface area (Å²) in [4.78, 5) is 3.88. The summed E-state index contributed by atoms with van der Waals surface area (Å²) in [5.74, 6) is 0.862. The molecule has 0 fully saturated rings. The molecule has 2 aromatic heterocycles. The van der Waals surface area contributed by atoms with E-state index in [4.69, 9.17) is 11.0 Å². The summed E-state index contributed by atoms with van der Waals surface area (Å²) in [6.45, 7) is 13.7. The van der Waals surface area contributed by atoms with Crippen LogP contribution in [0.2, 0.25) is 0 Å². The SMILES string of the molecule is [C-]#[N+]C(C)(C)c1cc(-c2oc3ccccc3c2C)[n+](C)c2ccccc12. The van der Waals surface area contributed by atoms with Gasteiger partial charge in [-0.2, -0.15) is 4.57 Å². The summed E-state index contributed by atoms with van der Waals surface area (Å²) in [5.41, 5.74) is 4.51. The van der Waals surface area contributed by atoms with Crippen LogP contribution >= 0.6 is 0 Å². The summed E-state index contributed by atoms with van der Waals surface area (Å²) in [6, 6.07) is 18.5. The molecule has 0 aliphatic rings. The average Bonchev–Trinajstić information content (AvgIpc) is 2.99. The van der Waals surface area contributed by atoms with Crippen LogP contribution in [-0.2, 0) is 12.6 Å². The summed E-state index contributed by atoms with van der Waals surface area (Å²) in [5, 5.41) is 2.23. The molecule has 4 rings (SSSR count). The zero-order chi connectivity index (χ0) is 18.5. The smallest absolute Gasteiger partial charge is 0.253 e. The molecule has 2 aromatic carbocycles. The molecule has 0 atom stereocenters. The van der Waals surface area contributed by atoms with E-state index in [2.05, 4.69) is 47.6 Å². The number of benzene rings is 2. The van der Waals surface area contributed by atoms with E-state index < -0.39 is 5.54 Å². The number of hydrogen-bond acceptors (Lipinski definition) is 1. The highest BCUT2D eigenvalue weighted by Crippen LogP contribution is 2.36. The van der Waals surface area contributed by atoms with E-state index in [0.29, 0.717) is 0 Å².